The first-order valence-electron chi connectivity index (χ1n) is 9.57. The molecule has 2 N–H and O–H groups in total. The van der Waals surface area contributed by atoms with Crippen LogP contribution in [0.15, 0.2) is 42.5 Å². The number of non-ortho nitro benzene ring substituents is 1. The van der Waals surface area contributed by atoms with Crippen LogP contribution >= 0.6 is 0 Å². The molecule has 0 aliphatic carbocycles. The molecule has 0 spiro atoms. The lowest BCUT2D eigenvalue weighted by atomic mass is 10.1. The van der Waals surface area contributed by atoms with Crippen molar-refractivity contribution >= 4 is 17.5 Å². The van der Waals surface area contributed by atoms with Crippen LogP contribution in [0.1, 0.15) is 42.7 Å². The molecule has 0 unspecified atom stereocenters. The minimum Gasteiger partial charge on any atom is -0.490 e. The van der Waals surface area contributed by atoms with Crippen LogP contribution in [0.3, 0.4) is 0 Å². The summed E-state index contributed by atoms with van der Waals surface area (Å²) in [5.74, 6) is 0.261. The Balaban J connectivity index is 1.96. The number of nitro groups is 1. The minimum absolute atomic E-state index is 0.109. The molecule has 9 heteroatoms. The lowest BCUT2D eigenvalue weighted by molar-refractivity contribution is -0.384. The Labute approximate surface area is 174 Å². The molecule has 0 aliphatic rings. The fraction of sp³-hybridized carbons (Fsp3) is 0.333. The van der Waals surface area contributed by atoms with Crippen molar-refractivity contribution in [3.63, 3.8) is 0 Å². The van der Waals surface area contributed by atoms with Gasteiger partial charge in [0.05, 0.1) is 30.7 Å². The summed E-state index contributed by atoms with van der Waals surface area (Å²) in [4.78, 5) is 34.6. The van der Waals surface area contributed by atoms with Crippen molar-refractivity contribution in [1.82, 2.24) is 10.6 Å². The van der Waals surface area contributed by atoms with Gasteiger partial charge in [-0.2, -0.15) is 0 Å². The van der Waals surface area contributed by atoms with E-state index in [0.29, 0.717) is 24.7 Å². The van der Waals surface area contributed by atoms with E-state index in [2.05, 4.69) is 10.6 Å². The van der Waals surface area contributed by atoms with E-state index in [0.717, 1.165) is 11.6 Å². The number of nitro benzene ring substituents is 1. The molecule has 0 saturated carbocycles. The smallest absolute Gasteiger partial charge is 0.270 e. The Bertz CT molecular complexity index is 915. The first kappa shape index (κ1) is 22.7. The first-order valence-corrected chi connectivity index (χ1v) is 9.57. The predicted molar refractivity (Wildman–Crippen MR) is 111 cm³/mol. The number of nitrogens with one attached hydrogen (secondary N) is 2. The van der Waals surface area contributed by atoms with E-state index in [1.165, 1.54) is 18.2 Å². The lowest BCUT2D eigenvalue weighted by Gasteiger charge is -2.17. The number of amides is 2. The minimum atomic E-state index is -0.585. The molecule has 0 heterocycles. The van der Waals surface area contributed by atoms with Gasteiger partial charge in [-0.3, -0.25) is 19.7 Å². The summed E-state index contributed by atoms with van der Waals surface area (Å²) in [6, 6.07) is 10.4. The zero-order valence-corrected chi connectivity index (χ0v) is 17.1. The van der Waals surface area contributed by atoms with Gasteiger partial charge < -0.3 is 20.1 Å². The normalized spacial score (nSPS) is 11.3. The molecular weight excluding hydrogens is 390 g/mol. The van der Waals surface area contributed by atoms with Crippen LogP contribution in [-0.4, -0.2) is 36.5 Å². The highest BCUT2D eigenvalue weighted by molar-refractivity contribution is 5.97. The number of benzene rings is 2. The van der Waals surface area contributed by atoms with Gasteiger partial charge in [-0.05, 0) is 44.5 Å². The standard InChI is InChI=1S/C21H25N3O6/c1-4-29-18-10-9-15(12-19(18)30-5-2)14(3)23-20(25)13-22-21(26)16-7-6-8-17(11-16)24(27)28/h6-12,14H,4-5,13H2,1-3H3,(H,22,26)(H,23,25)/t14-/m1/s1. The maximum absolute atomic E-state index is 12.2. The zero-order chi connectivity index (χ0) is 22.1. The van der Waals surface area contributed by atoms with Crippen LogP contribution in [0.4, 0.5) is 5.69 Å². The molecule has 0 aliphatic heterocycles. The van der Waals surface area contributed by atoms with Crippen molar-refractivity contribution in [3.8, 4) is 11.5 Å². The lowest BCUT2D eigenvalue weighted by Crippen LogP contribution is -2.38. The number of carbonyl (C=O) groups excluding carboxylic acids is 2. The maximum Gasteiger partial charge on any atom is 0.270 e. The Morgan fingerprint density at radius 1 is 1.07 bits per heavy atom. The van der Waals surface area contributed by atoms with Crippen LogP contribution in [0.2, 0.25) is 0 Å². The molecule has 160 valence electrons. The number of hydrogen-bond acceptors (Lipinski definition) is 6. The summed E-state index contributed by atoms with van der Waals surface area (Å²) in [6.07, 6.45) is 0. The van der Waals surface area contributed by atoms with Crippen molar-refractivity contribution < 1.29 is 24.0 Å². The van der Waals surface area contributed by atoms with Crippen molar-refractivity contribution in [1.29, 1.82) is 0 Å². The molecule has 0 saturated heterocycles. The van der Waals surface area contributed by atoms with Crippen molar-refractivity contribution in [2.75, 3.05) is 19.8 Å². The molecule has 0 aromatic heterocycles. The third-order valence-electron chi connectivity index (χ3n) is 4.17. The largest absolute Gasteiger partial charge is 0.490 e. The second-order valence-corrected chi connectivity index (χ2v) is 6.35. The molecule has 30 heavy (non-hydrogen) atoms. The van der Waals surface area contributed by atoms with Gasteiger partial charge in [0.25, 0.3) is 11.6 Å². The highest BCUT2D eigenvalue weighted by Gasteiger charge is 2.15. The van der Waals surface area contributed by atoms with Crippen LogP contribution in [0.25, 0.3) is 0 Å². The summed E-state index contributed by atoms with van der Waals surface area (Å²) in [5, 5.41) is 16.1. The topological polar surface area (TPSA) is 120 Å². The Kier molecular flexibility index (Phi) is 8.16. The zero-order valence-electron chi connectivity index (χ0n) is 17.1. The van der Waals surface area contributed by atoms with E-state index in [1.54, 1.807) is 12.1 Å². The molecule has 0 fully saturated rings. The molecule has 0 bridgehead atoms. The molecule has 2 aromatic carbocycles. The van der Waals surface area contributed by atoms with Crippen molar-refractivity contribution in [3.05, 3.63) is 63.7 Å². The summed E-state index contributed by atoms with van der Waals surface area (Å²) in [6.45, 7) is 6.29. The highest BCUT2D eigenvalue weighted by Crippen LogP contribution is 2.30. The van der Waals surface area contributed by atoms with Gasteiger partial charge in [0.2, 0.25) is 5.91 Å². The average molecular weight is 415 g/mol. The number of ether oxygens (including phenoxy) is 2. The van der Waals surface area contributed by atoms with Gasteiger partial charge in [0, 0.05) is 17.7 Å². The van der Waals surface area contributed by atoms with E-state index in [9.17, 15) is 19.7 Å². The predicted octanol–water partition coefficient (Wildman–Crippen LogP) is 3.00. The average Bonchev–Trinajstić information content (AvgIpc) is 2.73. The van der Waals surface area contributed by atoms with E-state index >= 15 is 0 Å². The van der Waals surface area contributed by atoms with Crippen molar-refractivity contribution in [2.45, 2.75) is 26.8 Å². The fourth-order valence-corrected chi connectivity index (χ4v) is 2.74. The van der Waals surface area contributed by atoms with Crippen LogP contribution in [0, 0.1) is 10.1 Å². The van der Waals surface area contributed by atoms with Gasteiger partial charge in [-0.1, -0.05) is 12.1 Å². The second kappa shape index (κ2) is 10.8. The monoisotopic (exact) mass is 415 g/mol. The molecular formula is C21H25N3O6. The van der Waals surface area contributed by atoms with E-state index in [-0.39, 0.29) is 23.8 Å². The third-order valence-corrected chi connectivity index (χ3v) is 4.17. The summed E-state index contributed by atoms with van der Waals surface area (Å²) in [5.41, 5.74) is 0.736. The summed E-state index contributed by atoms with van der Waals surface area (Å²) >= 11 is 0. The fourth-order valence-electron chi connectivity index (χ4n) is 2.74. The summed E-state index contributed by atoms with van der Waals surface area (Å²) < 4.78 is 11.1. The molecule has 0 radical (unpaired) electrons. The van der Waals surface area contributed by atoms with Gasteiger partial charge >= 0.3 is 0 Å². The molecule has 1 atom stereocenters. The number of hydrogen-bond donors (Lipinski definition) is 2. The maximum atomic E-state index is 12.2. The number of nitrogens with zero attached hydrogens (tertiary/aromatic N) is 1. The highest BCUT2D eigenvalue weighted by atomic mass is 16.6. The van der Waals surface area contributed by atoms with Crippen LogP contribution in [0.5, 0.6) is 11.5 Å². The Morgan fingerprint density at radius 2 is 1.77 bits per heavy atom. The van der Waals surface area contributed by atoms with Crippen molar-refractivity contribution in [2.24, 2.45) is 0 Å². The quantitative estimate of drug-likeness (QED) is 0.455. The first-order chi connectivity index (χ1) is 14.3. The van der Waals surface area contributed by atoms with Crippen LogP contribution < -0.4 is 20.1 Å². The second-order valence-electron chi connectivity index (χ2n) is 6.35. The van der Waals surface area contributed by atoms with Gasteiger partial charge in [0.1, 0.15) is 0 Å². The van der Waals surface area contributed by atoms with E-state index in [1.807, 2.05) is 26.8 Å². The molecule has 9 nitrogen and oxygen atoms in total. The van der Waals surface area contributed by atoms with Gasteiger partial charge in [-0.15, -0.1) is 0 Å². The van der Waals surface area contributed by atoms with Gasteiger partial charge in [0.15, 0.2) is 11.5 Å². The Morgan fingerprint density at radius 3 is 2.43 bits per heavy atom. The Hall–Kier alpha value is -3.62. The molecule has 2 aromatic rings. The van der Waals surface area contributed by atoms with E-state index in [4.69, 9.17) is 9.47 Å². The molecule has 2 amide bonds. The van der Waals surface area contributed by atoms with Crippen LogP contribution in [-0.2, 0) is 4.79 Å². The number of carbonyl (C=O) groups is 2. The SMILES string of the molecule is CCOc1ccc([C@@H](C)NC(=O)CNC(=O)c2cccc([N+](=O)[O-])c2)cc1OCC. The summed E-state index contributed by atoms with van der Waals surface area (Å²) in [7, 11) is 0. The molecule has 2 rings (SSSR count). The third kappa shape index (κ3) is 6.20. The number of rotatable bonds is 10. The van der Waals surface area contributed by atoms with E-state index < -0.39 is 16.7 Å². The van der Waals surface area contributed by atoms with Gasteiger partial charge in [-0.25, -0.2) is 0 Å².